The molecular weight excluding hydrogens is 437 g/mol. The maximum atomic E-state index is 12.8. The number of aromatic amines is 1. The van der Waals surface area contributed by atoms with Gasteiger partial charge in [0.25, 0.3) is 11.6 Å². The standard InChI is InChI=1S/C20H30N5O6P/c1-19(2,3)15(27)30-18(31-16(28)20(4,5)6)32(29)10-8-7-9-25-14(26)12-13(23-11-22-12)24-17(25)21/h7-8,11,18,32H,9-10H2,1-6H3,(H2,21,24)(H,22,23). The maximum Gasteiger partial charge on any atom is 0.314 e. The Morgan fingerprint density at radius 3 is 2.25 bits per heavy atom. The maximum absolute atomic E-state index is 12.8. The Morgan fingerprint density at radius 1 is 1.16 bits per heavy atom. The Morgan fingerprint density at radius 2 is 1.72 bits per heavy atom. The van der Waals surface area contributed by atoms with Gasteiger partial charge < -0.3 is 24.8 Å². The zero-order valence-corrected chi connectivity index (χ0v) is 20.1. The summed E-state index contributed by atoms with van der Waals surface area (Å²) in [6.45, 7) is 9.92. The fourth-order valence-corrected chi connectivity index (χ4v) is 3.36. The second-order valence-electron chi connectivity index (χ2n) is 9.27. The highest BCUT2D eigenvalue weighted by atomic mass is 31.1. The Kier molecular flexibility index (Phi) is 7.66. The van der Waals surface area contributed by atoms with Crippen molar-refractivity contribution in [3.05, 3.63) is 28.8 Å². The van der Waals surface area contributed by atoms with Crippen molar-refractivity contribution in [2.45, 2.75) is 54.1 Å². The van der Waals surface area contributed by atoms with Gasteiger partial charge in [-0.3, -0.25) is 19.0 Å². The van der Waals surface area contributed by atoms with Gasteiger partial charge in [-0.2, -0.15) is 4.98 Å². The molecule has 0 spiro atoms. The molecule has 176 valence electrons. The number of imidazole rings is 1. The zero-order valence-electron chi connectivity index (χ0n) is 19.1. The van der Waals surface area contributed by atoms with Crippen LogP contribution in [0.2, 0.25) is 0 Å². The highest BCUT2D eigenvalue weighted by Crippen LogP contribution is 2.34. The van der Waals surface area contributed by atoms with Gasteiger partial charge in [0.2, 0.25) is 5.95 Å². The smallest absolute Gasteiger partial charge is 0.314 e. The number of rotatable bonds is 7. The van der Waals surface area contributed by atoms with Gasteiger partial charge in [0.1, 0.15) is 0 Å². The fraction of sp³-hybridized carbons (Fsp3) is 0.550. The lowest BCUT2D eigenvalue weighted by Gasteiger charge is -2.25. The number of nitrogens with two attached hydrogens (primary N) is 1. The summed E-state index contributed by atoms with van der Waals surface area (Å²) in [6, 6.07) is -1.49. The molecule has 0 aromatic carbocycles. The van der Waals surface area contributed by atoms with E-state index in [1.807, 2.05) is 0 Å². The molecule has 0 bridgehead atoms. The second-order valence-corrected chi connectivity index (χ2v) is 11.1. The third-order valence-corrected chi connectivity index (χ3v) is 5.66. The van der Waals surface area contributed by atoms with E-state index in [0.717, 1.165) is 0 Å². The first-order valence-electron chi connectivity index (χ1n) is 10.0. The molecule has 11 nitrogen and oxygen atoms in total. The molecule has 12 heteroatoms. The first-order chi connectivity index (χ1) is 14.7. The van der Waals surface area contributed by atoms with Crippen LogP contribution in [0.15, 0.2) is 23.3 Å². The fourth-order valence-electron chi connectivity index (χ4n) is 2.29. The van der Waals surface area contributed by atoms with Gasteiger partial charge in [-0.25, -0.2) is 4.98 Å². The molecule has 0 radical (unpaired) electrons. The van der Waals surface area contributed by atoms with Crippen LogP contribution in [0.25, 0.3) is 11.2 Å². The number of carbonyl (C=O) groups excluding carboxylic acids is 2. The molecule has 2 aromatic rings. The Labute approximate surface area is 186 Å². The van der Waals surface area contributed by atoms with Crippen molar-refractivity contribution >= 4 is 36.9 Å². The van der Waals surface area contributed by atoms with Crippen molar-refractivity contribution < 1.29 is 23.6 Å². The van der Waals surface area contributed by atoms with Crippen molar-refractivity contribution in [1.82, 2.24) is 19.5 Å². The van der Waals surface area contributed by atoms with E-state index in [1.165, 1.54) is 10.9 Å². The van der Waals surface area contributed by atoms with E-state index in [-0.39, 0.29) is 29.8 Å². The van der Waals surface area contributed by atoms with Crippen molar-refractivity contribution in [3.63, 3.8) is 0 Å². The van der Waals surface area contributed by atoms with Crippen LogP contribution in [-0.4, -0.2) is 43.7 Å². The third kappa shape index (κ3) is 6.29. The minimum Gasteiger partial charge on any atom is -0.418 e. The molecule has 0 aliphatic heterocycles. The van der Waals surface area contributed by atoms with E-state index in [4.69, 9.17) is 15.2 Å². The lowest BCUT2D eigenvalue weighted by Crippen LogP contribution is -2.33. The molecule has 0 saturated carbocycles. The number of hydrogen-bond donors (Lipinski definition) is 2. The Balaban J connectivity index is 2.11. The van der Waals surface area contributed by atoms with Gasteiger partial charge >= 0.3 is 11.9 Å². The number of nitrogens with one attached hydrogen (secondary N) is 1. The van der Waals surface area contributed by atoms with Crippen molar-refractivity contribution in [3.8, 4) is 0 Å². The van der Waals surface area contributed by atoms with E-state index in [0.29, 0.717) is 0 Å². The van der Waals surface area contributed by atoms with Crippen LogP contribution in [0.1, 0.15) is 41.5 Å². The number of nitrogens with zero attached hydrogens (tertiary/aromatic N) is 3. The average Bonchev–Trinajstić information content (AvgIpc) is 3.13. The van der Waals surface area contributed by atoms with Gasteiger partial charge in [0.15, 0.2) is 19.0 Å². The molecular formula is C20H30N5O6P. The summed E-state index contributed by atoms with van der Waals surface area (Å²) >= 11 is 0. The lowest BCUT2D eigenvalue weighted by molar-refractivity contribution is -0.184. The molecule has 0 amide bonds. The summed E-state index contributed by atoms with van der Waals surface area (Å²) < 4.78 is 24.6. The largest absolute Gasteiger partial charge is 0.418 e. The van der Waals surface area contributed by atoms with Crippen molar-refractivity contribution in [1.29, 1.82) is 0 Å². The zero-order chi connectivity index (χ0) is 24.3. The van der Waals surface area contributed by atoms with Gasteiger partial charge in [0.05, 0.1) is 17.2 Å². The van der Waals surface area contributed by atoms with Crippen molar-refractivity contribution in [2.24, 2.45) is 10.8 Å². The molecule has 1 atom stereocenters. The predicted octanol–water partition coefficient (Wildman–Crippen LogP) is 2.28. The quantitative estimate of drug-likeness (QED) is 0.269. The number of hydrogen-bond acceptors (Lipinski definition) is 9. The van der Waals surface area contributed by atoms with Crippen LogP contribution >= 0.6 is 7.80 Å². The van der Waals surface area contributed by atoms with Crippen LogP contribution in [-0.2, 0) is 30.2 Å². The molecule has 0 aliphatic rings. The van der Waals surface area contributed by atoms with Crippen LogP contribution in [0.4, 0.5) is 5.95 Å². The highest BCUT2D eigenvalue weighted by Gasteiger charge is 2.34. The topological polar surface area (TPSA) is 159 Å². The number of esters is 2. The lowest BCUT2D eigenvalue weighted by atomic mass is 9.97. The van der Waals surface area contributed by atoms with Crippen LogP contribution < -0.4 is 11.3 Å². The normalized spacial score (nSPS) is 13.6. The number of ether oxygens (including phenoxy) is 2. The summed E-state index contributed by atoms with van der Waals surface area (Å²) in [4.78, 5) is 47.6. The number of allylic oxidation sites excluding steroid dienone is 2. The number of fused-ring (bicyclic) bond motifs is 1. The van der Waals surface area contributed by atoms with Crippen LogP contribution in [0.3, 0.4) is 0 Å². The molecule has 3 N–H and O–H groups in total. The van der Waals surface area contributed by atoms with Crippen molar-refractivity contribution in [2.75, 3.05) is 11.9 Å². The van der Waals surface area contributed by atoms with E-state index >= 15 is 0 Å². The predicted molar refractivity (Wildman–Crippen MR) is 120 cm³/mol. The number of carbonyl (C=O) groups is 2. The van der Waals surface area contributed by atoms with Gasteiger partial charge in [-0.05, 0) is 41.5 Å². The van der Waals surface area contributed by atoms with E-state index in [2.05, 4.69) is 15.0 Å². The molecule has 1 unspecified atom stereocenters. The minimum absolute atomic E-state index is 0.0111. The number of nitrogen functional groups attached to an aromatic ring is 1. The molecule has 2 heterocycles. The van der Waals surface area contributed by atoms with E-state index < -0.39 is 42.2 Å². The number of H-pyrrole nitrogens is 1. The molecule has 0 aliphatic carbocycles. The molecule has 2 rings (SSSR count). The van der Waals surface area contributed by atoms with Gasteiger partial charge in [0, 0.05) is 12.7 Å². The van der Waals surface area contributed by atoms with E-state index in [1.54, 1.807) is 53.7 Å². The SMILES string of the molecule is CC(C)(C)C(=O)OC(OC(=O)C(C)(C)C)[PH](=O)CC=CCn1c(N)nc2nc[nH]c2c1=O. The first kappa shape index (κ1) is 25.3. The van der Waals surface area contributed by atoms with Crippen LogP contribution in [0.5, 0.6) is 0 Å². The number of aromatic nitrogens is 4. The first-order valence-corrected chi connectivity index (χ1v) is 11.7. The van der Waals surface area contributed by atoms with E-state index in [9.17, 15) is 18.9 Å². The monoisotopic (exact) mass is 467 g/mol. The summed E-state index contributed by atoms with van der Waals surface area (Å²) in [7, 11) is -2.71. The summed E-state index contributed by atoms with van der Waals surface area (Å²) in [6.07, 6.45) is 4.47. The molecule has 2 aromatic heterocycles. The third-order valence-electron chi connectivity index (χ3n) is 4.26. The average molecular weight is 467 g/mol. The Bertz CT molecular complexity index is 1080. The van der Waals surface area contributed by atoms with Crippen LogP contribution in [0, 0.1) is 10.8 Å². The second kappa shape index (κ2) is 9.68. The summed E-state index contributed by atoms with van der Waals surface area (Å²) in [5.74, 6) is -1.28. The minimum atomic E-state index is -2.71. The highest BCUT2D eigenvalue weighted by molar-refractivity contribution is 7.45. The summed E-state index contributed by atoms with van der Waals surface area (Å²) in [5, 5.41) is 0. The molecule has 0 fully saturated rings. The Hall–Kier alpha value is -2.94. The van der Waals surface area contributed by atoms with Gasteiger partial charge in [-0.15, -0.1) is 0 Å². The number of anilines is 1. The molecule has 0 saturated heterocycles. The summed E-state index contributed by atoms with van der Waals surface area (Å²) in [5.41, 5.74) is 4.16. The van der Waals surface area contributed by atoms with Gasteiger partial charge in [-0.1, -0.05) is 12.2 Å². The molecule has 32 heavy (non-hydrogen) atoms.